The van der Waals surface area contributed by atoms with Gasteiger partial charge in [0.05, 0.1) is 12.1 Å². The van der Waals surface area contributed by atoms with Crippen molar-refractivity contribution < 1.29 is 23.1 Å². The van der Waals surface area contributed by atoms with Crippen LogP contribution in [-0.2, 0) is 11.0 Å². The zero-order chi connectivity index (χ0) is 20.3. The van der Waals surface area contributed by atoms with Crippen LogP contribution in [0.4, 0.5) is 18.9 Å². The van der Waals surface area contributed by atoms with Crippen LogP contribution in [0.25, 0.3) is 11.1 Å². The predicted molar refractivity (Wildman–Crippen MR) is 102 cm³/mol. The molecule has 0 aliphatic carbocycles. The molecule has 1 saturated heterocycles. The Bertz CT molecular complexity index is 824. The number of likely N-dealkylation sites (tertiary alicyclic amines) is 1. The minimum atomic E-state index is -4.46. The maximum Gasteiger partial charge on any atom is 0.417 e. The number of hydrogen-bond acceptors (Lipinski definition) is 3. The van der Waals surface area contributed by atoms with Gasteiger partial charge in [0.15, 0.2) is 0 Å². The van der Waals surface area contributed by atoms with E-state index in [0.29, 0.717) is 30.6 Å². The van der Waals surface area contributed by atoms with Crippen molar-refractivity contribution in [2.45, 2.75) is 38.0 Å². The molecule has 2 unspecified atom stereocenters. The summed E-state index contributed by atoms with van der Waals surface area (Å²) < 4.78 is 40.9. The number of halogens is 3. The van der Waals surface area contributed by atoms with E-state index in [4.69, 9.17) is 5.11 Å². The third-order valence-corrected chi connectivity index (χ3v) is 5.14. The molecule has 28 heavy (non-hydrogen) atoms. The number of rotatable bonds is 5. The van der Waals surface area contributed by atoms with E-state index in [1.165, 1.54) is 6.07 Å². The molecular formula is C21H23F3N2O2. The summed E-state index contributed by atoms with van der Waals surface area (Å²) in [5.41, 5.74) is 0.440. The molecule has 1 aliphatic heterocycles. The van der Waals surface area contributed by atoms with Crippen molar-refractivity contribution in [2.24, 2.45) is 0 Å². The molecule has 0 radical (unpaired) electrons. The third-order valence-electron chi connectivity index (χ3n) is 5.14. The van der Waals surface area contributed by atoms with Gasteiger partial charge in [-0.15, -0.1) is 0 Å². The highest BCUT2D eigenvalue weighted by molar-refractivity contribution is 5.81. The van der Waals surface area contributed by atoms with Crippen molar-refractivity contribution in [3.63, 3.8) is 0 Å². The number of nitrogens with one attached hydrogen (secondary N) is 1. The van der Waals surface area contributed by atoms with Gasteiger partial charge in [-0.05, 0) is 37.5 Å². The average Bonchev–Trinajstić information content (AvgIpc) is 2.63. The molecule has 3 rings (SSSR count). The molecule has 2 N–H and O–H groups in total. The first-order valence-electron chi connectivity index (χ1n) is 9.23. The maximum absolute atomic E-state index is 13.6. The van der Waals surface area contributed by atoms with Crippen LogP contribution in [-0.4, -0.2) is 41.1 Å². The van der Waals surface area contributed by atoms with Gasteiger partial charge in [-0.25, -0.2) is 0 Å². The average molecular weight is 392 g/mol. The predicted octanol–water partition coefficient (Wildman–Crippen LogP) is 4.72. The third kappa shape index (κ3) is 4.65. The van der Waals surface area contributed by atoms with E-state index in [1.54, 1.807) is 36.4 Å². The van der Waals surface area contributed by atoms with E-state index in [-0.39, 0.29) is 24.2 Å². The first-order chi connectivity index (χ1) is 13.3. The van der Waals surface area contributed by atoms with Crippen molar-refractivity contribution in [1.82, 2.24) is 4.90 Å². The fourth-order valence-corrected chi connectivity index (χ4v) is 3.81. The van der Waals surface area contributed by atoms with Gasteiger partial charge in [0.25, 0.3) is 0 Å². The van der Waals surface area contributed by atoms with Gasteiger partial charge in [0.2, 0.25) is 0 Å². The zero-order valence-electron chi connectivity index (χ0n) is 15.5. The largest absolute Gasteiger partial charge is 0.480 e. The quantitative estimate of drug-likeness (QED) is 0.773. The van der Waals surface area contributed by atoms with E-state index in [1.807, 2.05) is 11.8 Å². The van der Waals surface area contributed by atoms with Crippen molar-refractivity contribution in [2.75, 3.05) is 18.4 Å². The van der Waals surface area contributed by atoms with Gasteiger partial charge in [-0.2, -0.15) is 13.2 Å². The van der Waals surface area contributed by atoms with Crippen LogP contribution in [0.1, 0.15) is 25.3 Å². The molecule has 1 fully saturated rings. The normalized spacial score (nSPS) is 20.7. The minimum Gasteiger partial charge on any atom is -0.480 e. The number of carbonyl (C=O) groups is 1. The summed E-state index contributed by atoms with van der Waals surface area (Å²) in [6, 6.07) is 12.8. The van der Waals surface area contributed by atoms with Crippen LogP contribution >= 0.6 is 0 Å². The minimum absolute atomic E-state index is 0.0211. The van der Waals surface area contributed by atoms with E-state index in [2.05, 4.69) is 5.32 Å². The summed E-state index contributed by atoms with van der Waals surface area (Å²) >= 11 is 0. The second-order valence-corrected chi connectivity index (χ2v) is 7.17. The molecule has 0 spiro atoms. The van der Waals surface area contributed by atoms with E-state index in [9.17, 15) is 18.0 Å². The van der Waals surface area contributed by atoms with Crippen molar-refractivity contribution in [3.05, 3.63) is 54.1 Å². The molecule has 2 aromatic carbocycles. The van der Waals surface area contributed by atoms with Gasteiger partial charge in [0, 0.05) is 29.9 Å². The molecule has 0 bridgehead atoms. The number of hydrogen-bond donors (Lipinski definition) is 2. The van der Waals surface area contributed by atoms with Crippen LogP contribution < -0.4 is 5.32 Å². The number of anilines is 1. The van der Waals surface area contributed by atoms with Crippen LogP contribution in [0.3, 0.4) is 0 Å². The molecule has 1 aliphatic rings. The van der Waals surface area contributed by atoms with Crippen molar-refractivity contribution in [3.8, 4) is 11.1 Å². The van der Waals surface area contributed by atoms with Crippen molar-refractivity contribution in [1.29, 1.82) is 0 Å². The van der Waals surface area contributed by atoms with Crippen LogP contribution in [0, 0.1) is 0 Å². The Morgan fingerprint density at radius 1 is 1.18 bits per heavy atom. The fraction of sp³-hybridized carbons (Fsp3) is 0.381. The van der Waals surface area contributed by atoms with Gasteiger partial charge >= 0.3 is 12.1 Å². The SMILES string of the molecule is CC1CC(Nc2cccc(C(F)(F)F)c2-c2ccccc2)CCN1CC(=O)O. The molecule has 2 aromatic rings. The van der Waals surface area contributed by atoms with Gasteiger partial charge < -0.3 is 10.4 Å². The summed E-state index contributed by atoms with van der Waals surface area (Å²) in [4.78, 5) is 12.8. The van der Waals surface area contributed by atoms with E-state index in [0.717, 1.165) is 6.07 Å². The van der Waals surface area contributed by atoms with E-state index < -0.39 is 17.7 Å². The van der Waals surface area contributed by atoms with Gasteiger partial charge in [-0.3, -0.25) is 9.69 Å². The Morgan fingerprint density at radius 3 is 2.50 bits per heavy atom. The highest BCUT2D eigenvalue weighted by Gasteiger charge is 2.35. The fourth-order valence-electron chi connectivity index (χ4n) is 3.81. The summed E-state index contributed by atoms with van der Waals surface area (Å²) in [7, 11) is 0. The molecule has 1 heterocycles. The first kappa shape index (κ1) is 20.2. The Kier molecular flexibility index (Phi) is 5.93. The summed E-state index contributed by atoms with van der Waals surface area (Å²) in [5.74, 6) is -0.873. The number of benzene rings is 2. The Labute approximate surface area is 162 Å². The first-order valence-corrected chi connectivity index (χ1v) is 9.23. The second-order valence-electron chi connectivity index (χ2n) is 7.17. The molecule has 2 atom stereocenters. The lowest BCUT2D eigenvalue weighted by Crippen LogP contribution is -2.47. The van der Waals surface area contributed by atoms with Gasteiger partial charge in [0.1, 0.15) is 0 Å². The molecule has 150 valence electrons. The van der Waals surface area contributed by atoms with Crippen molar-refractivity contribution >= 4 is 11.7 Å². The lowest BCUT2D eigenvalue weighted by Gasteiger charge is -2.37. The molecule has 0 amide bonds. The topological polar surface area (TPSA) is 52.6 Å². The highest BCUT2D eigenvalue weighted by Crippen LogP contribution is 2.41. The molecule has 4 nitrogen and oxygen atoms in total. The number of carboxylic acids is 1. The van der Waals surface area contributed by atoms with E-state index >= 15 is 0 Å². The zero-order valence-corrected chi connectivity index (χ0v) is 15.5. The summed E-state index contributed by atoms with van der Waals surface area (Å²) in [6.45, 7) is 2.51. The molecule has 0 aromatic heterocycles. The Balaban J connectivity index is 1.88. The monoisotopic (exact) mass is 392 g/mol. The number of carboxylic acid groups (broad SMARTS) is 1. The number of piperidine rings is 1. The Hall–Kier alpha value is -2.54. The lowest BCUT2D eigenvalue weighted by atomic mass is 9.94. The second kappa shape index (κ2) is 8.22. The maximum atomic E-state index is 13.6. The van der Waals surface area contributed by atoms with Crippen LogP contribution in [0.2, 0.25) is 0 Å². The lowest BCUT2D eigenvalue weighted by molar-refractivity contribution is -0.139. The number of nitrogens with zero attached hydrogens (tertiary/aromatic N) is 1. The molecule has 0 saturated carbocycles. The standard InChI is InChI=1S/C21H23F3N2O2/c1-14-12-16(10-11-26(14)13-19(27)28)25-18-9-5-8-17(21(22,23)24)20(18)15-6-3-2-4-7-15/h2-9,14,16,25H,10-13H2,1H3,(H,27,28). The molecular weight excluding hydrogens is 369 g/mol. The smallest absolute Gasteiger partial charge is 0.417 e. The molecule has 7 heteroatoms. The highest BCUT2D eigenvalue weighted by atomic mass is 19.4. The van der Waals surface area contributed by atoms with Gasteiger partial charge in [-0.1, -0.05) is 36.4 Å². The summed E-state index contributed by atoms with van der Waals surface area (Å²) in [6.07, 6.45) is -3.12. The number of aliphatic carboxylic acids is 1. The van der Waals surface area contributed by atoms with Crippen LogP contribution in [0.15, 0.2) is 48.5 Å². The van der Waals surface area contributed by atoms with Crippen LogP contribution in [0.5, 0.6) is 0 Å². The summed E-state index contributed by atoms with van der Waals surface area (Å²) in [5, 5.41) is 12.3. The Morgan fingerprint density at radius 2 is 1.89 bits per heavy atom. The number of alkyl halides is 3.